The number of allylic oxidation sites excluding steroid dienone is 5. The Balaban J connectivity index is 3.65. The highest BCUT2D eigenvalue weighted by Gasteiger charge is 2.22. The van der Waals surface area contributed by atoms with Crippen LogP contribution >= 0.6 is 0 Å². The maximum absolute atomic E-state index is 12.3. The molecule has 4 N–H and O–H groups in total. The number of rotatable bonds is 37. The van der Waals surface area contributed by atoms with Gasteiger partial charge >= 0.3 is 0 Å². The van der Waals surface area contributed by atoms with Crippen LogP contribution in [0.5, 0.6) is 0 Å². The lowest BCUT2D eigenvalue weighted by atomic mass is 10.0. The zero-order chi connectivity index (χ0) is 35.2. The summed E-state index contributed by atoms with van der Waals surface area (Å²) < 4.78 is 0. The molecule has 5 heteroatoms. The van der Waals surface area contributed by atoms with E-state index in [9.17, 15) is 20.1 Å². The largest absolute Gasteiger partial charge is 0.394 e. The fraction of sp³-hybridized carbons (Fsp3) is 0.837. The minimum Gasteiger partial charge on any atom is -0.394 e. The Morgan fingerprint density at radius 3 is 1.33 bits per heavy atom. The third-order valence-corrected chi connectivity index (χ3v) is 9.45. The van der Waals surface area contributed by atoms with Crippen molar-refractivity contribution < 1.29 is 20.1 Å². The van der Waals surface area contributed by atoms with Crippen LogP contribution in [0.4, 0.5) is 0 Å². The average Bonchev–Trinajstić information content (AvgIpc) is 3.09. The van der Waals surface area contributed by atoms with Gasteiger partial charge in [0.2, 0.25) is 5.91 Å². The molecule has 0 aliphatic heterocycles. The lowest BCUT2D eigenvalue weighted by molar-refractivity contribution is -0.131. The van der Waals surface area contributed by atoms with Crippen LogP contribution in [0.3, 0.4) is 0 Å². The molecule has 0 saturated carbocycles. The first kappa shape index (κ1) is 46.6. The molecule has 0 radical (unpaired) electrons. The van der Waals surface area contributed by atoms with Crippen molar-refractivity contribution in [3.63, 3.8) is 0 Å². The molecule has 0 bridgehead atoms. The van der Waals surface area contributed by atoms with Crippen LogP contribution in [0.15, 0.2) is 36.5 Å². The Labute approximate surface area is 298 Å². The van der Waals surface area contributed by atoms with Gasteiger partial charge in [-0.1, -0.05) is 192 Å². The summed E-state index contributed by atoms with van der Waals surface area (Å²) in [4.78, 5) is 12.3. The molecule has 0 heterocycles. The van der Waals surface area contributed by atoms with E-state index >= 15 is 0 Å². The fourth-order valence-corrected chi connectivity index (χ4v) is 6.12. The molecule has 5 nitrogen and oxygen atoms in total. The summed E-state index contributed by atoms with van der Waals surface area (Å²) >= 11 is 0. The third-order valence-electron chi connectivity index (χ3n) is 9.45. The molecule has 282 valence electrons. The molecule has 1 amide bonds. The number of nitrogens with one attached hydrogen (secondary N) is 1. The SMILES string of the molecule is CCCC/C=C\CCCCCC(O)C(=O)NC(CO)C(O)/C=C/CC/C=C/CCCCCCCCCCCCCCCCCCCCC. The molecule has 3 atom stereocenters. The van der Waals surface area contributed by atoms with Gasteiger partial charge in [-0.3, -0.25) is 4.79 Å². The molecule has 0 spiro atoms. The molecule has 48 heavy (non-hydrogen) atoms. The third kappa shape index (κ3) is 33.1. The molecule has 0 saturated heterocycles. The second kappa shape index (κ2) is 38.4. The first-order valence-corrected chi connectivity index (χ1v) is 20.8. The van der Waals surface area contributed by atoms with Crippen molar-refractivity contribution in [2.24, 2.45) is 0 Å². The van der Waals surface area contributed by atoms with Crippen molar-refractivity contribution in [3.8, 4) is 0 Å². The Morgan fingerprint density at radius 2 is 0.875 bits per heavy atom. The second-order valence-corrected chi connectivity index (χ2v) is 14.2. The van der Waals surface area contributed by atoms with E-state index in [0.717, 1.165) is 51.4 Å². The second-order valence-electron chi connectivity index (χ2n) is 14.2. The van der Waals surface area contributed by atoms with Crippen LogP contribution in [-0.2, 0) is 4.79 Å². The predicted octanol–water partition coefficient (Wildman–Crippen LogP) is 11.6. The number of hydrogen-bond donors (Lipinski definition) is 4. The first-order valence-electron chi connectivity index (χ1n) is 20.8. The van der Waals surface area contributed by atoms with Crippen LogP contribution in [0, 0.1) is 0 Å². The number of aliphatic hydroxyl groups excluding tert-OH is 3. The van der Waals surface area contributed by atoms with Gasteiger partial charge in [0.1, 0.15) is 6.10 Å². The zero-order valence-electron chi connectivity index (χ0n) is 31.9. The summed E-state index contributed by atoms with van der Waals surface area (Å²) in [5, 5.41) is 32.9. The van der Waals surface area contributed by atoms with Gasteiger partial charge in [0, 0.05) is 0 Å². The molecule has 0 fully saturated rings. The van der Waals surface area contributed by atoms with Crippen LogP contribution < -0.4 is 5.32 Å². The standard InChI is InChI=1S/C43H81NO4/c1-3-5-7-9-11-13-14-15-16-17-18-19-20-21-22-23-24-25-26-27-28-30-31-33-35-37-41(46)40(39-45)44-43(48)42(47)38-36-34-32-29-12-10-8-6-4-2/h10,12,28,30,35,37,40-42,45-47H,3-9,11,13-27,29,31-34,36,38-39H2,1-2H3,(H,44,48)/b12-10-,30-28+,37-35+. The molecule has 3 unspecified atom stereocenters. The molecular weight excluding hydrogens is 594 g/mol. The van der Waals surface area contributed by atoms with Gasteiger partial charge in [-0.2, -0.15) is 0 Å². The number of carbonyl (C=O) groups is 1. The smallest absolute Gasteiger partial charge is 0.249 e. The van der Waals surface area contributed by atoms with Gasteiger partial charge in [0.15, 0.2) is 0 Å². The van der Waals surface area contributed by atoms with Crippen molar-refractivity contribution in [1.82, 2.24) is 5.32 Å². The van der Waals surface area contributed by atoms with Gasteiger partial charge in [-0.05, 0) is 51.4 Å². The summed E-state index contributed by atoms with van der Waals surface area (Å²) in [5.74, 6) is -0.529. The quantitative estimate of drug-likeness (QED) is 0.0390. The van der Waals surface area contributed by atoms with Crippen LogP contribution in [0.1, 0.15) is 206 Å². The minimum absolute atomic E-state index is 0.381. The van der Waals surface area contributed by atoms with E-state index in [1.807, 2.05) is 6.08 Å². The van der Waals surface area contributed by atoms with Crippen LogP contribution in [-0.4, -0.2) is 46.1 Å². The van der Waals surface area contributed by atoms with Crippen molar-refractivity contribution >= 4 is 5.91 Å². The predicted molar refractivity (Wildman–Crippen MR) is 208 cm³/mol. The summed E-state index contributed by atoms with van der Waals surface area (Å²) in [6, 6.07) is -0.818. The van der Waals surface area contributed by atoms with Gasteiger partial charge in [0.05, 0.1) is 18.8 Å². The maximum Gasteiger partial charge on any atom is 0.249 e. The minimum atomic E-state index is -1.12. The van der Waals surface area contributed by atoms with Crippen molar-refractivity contribution in [2.45, 2.75) is 225 Å². The van der Waals surface area contributed by atoms with Crippen molar-refractivity contribution in [3.05, 3.63) is 36.5 Å². The van der Waals surface area contributed by atoms with Crippen LogP contribution in [0.2, 0.25) is 0 Å². The summed E-state index contributed by atoms with van der Waals surface area (Å²) in [6.45, 7) is 4.10. The molecule has 0 aromatic rings. The van der Waals surface area contributed by atoms with E-state index in [-0.39, 0.29) is 6.61 Å². The van der Waals surface area contributed by atoms with Gasteiger partial charge in [-0.25, -0.2) is 0 Å². The number of hydrogen-bond acceptors (Lipinski definition) is 4. The Morgan fingerprint density at radius 1 is 0.500 bits per heavy atom. The van der Waals surface area contributed by atoms with Gasteiger partial charge < -0.3 is 20.6 Å². The van der Waals surface area contributed by atoms with Crippen LogP contribution in [0.25, 0.3) is 0 Å². The van der Waals surface area contributed by atoms with E-state index in [1.165, 1.54) is 135 Å². The van der Waals surface area contributed by atoms with E-state index in [1.54, 1.807) is 6.08 Å². The molecular formula is C43H81NO4. The molecule has 0 rings (SSSR count). The van der Waals surface area contributed by atoms with E-state index in [2.05, 4.69) is 43.5 Å². The summed E-state index contributed by atoms with van der Waals surface area (Å²) in [7, 11) is 0. The van der Waals surface area contributed by atoms with Crippen molar-refractivity contribution in [1.29, 1.82) is 0 Å². The Bertz CT molecular complexity index is 749. The van der Waals surface area contributed by atoms with E-state index in [0.29, 0.717) is 6.42 Å². The summed E-state index contributed by atoms with van der Waals surface area (Å²) in [6.07, 6.45) is 47.7. The number of unbranched alkanes of at least 4 members (excludes halogenated alkanes) is 25. The van der Waals surface area contributed by atoms with E-state index in [4.69, 9.17) is 0 Å². The highest BCUT2D eigenvalue weighted by molar-refractivity contribution is 5.80. The number of carbonyl (C=O) groups excluding carboxylic acids is 1. The number of amides is 1. The van der Waals surface area contributed by atoms with E-state index < -0.39 is 24.2 Å². The zero-order valence-corrected chi connectivity index (χ0v) is 31.9. The Kier molecular flexibility index (Phi) is 37.2. The topological polar surface area (TPSA) is 89.8 Å². The lowest BCUT2D eigenvalue weighted by Gasteiger charge is -2.21. The molecule has 0 aliphatic rings. The molecule has 0 aliphatic carbocycles. The average molecular weight is 676 g/mol. The maximum atomic E-state index is 12.3. The normalized spacial score (nSPS) is 14.0. The molecule has 0 aromatic carbocycles. The number of aliphatic hydroxyl groups is 3. The Hall–Kier alpha value is -1.43. The lowest BCUT2D eigenvalue weighted by Crippen LogP contribution is -2.48. The summed E-state index contributed by atoms with van der Waals surface area (Å²) in [5.41, 5.74) is 0. The van der Waals surface area contributed by atoms with Crippen molar-refractivity contribution in [2.75, 3.05) is 6.61 Å². The first-order chi connectivity index (χ1) is 23.6. The highest BCUT2D eigenvalue weighted by atomic mass is 16.3. The highest BCUT2D eigenvalue weighted by Crippen LogP contribution is 2.15. The molecule has 0 aromatic heterocycles. The van der Waals surface area contributed by atoms with Gasteiger partial charge in [0.25, 0.3) is 0 Å². The fourth-order valence-electron chi connectivity index (χ4n) is 6.12. The van der Waals surface area contributed by atoms with Gasteiger partial charge in [-0.15, -0.1) is 0 Å². The monoisotopic (exact) mass is 676 g/mol.